The number of aromatic nitrogens is 2. The maximum absolute atomic E-state index is 10.6. The summed E-state index contributed by atoms with van der Waals surface area (Å²) in [4.78, 5) is 10.6. The largest absolute Gasteiger partial charge is 0.453 e. The second-order valence-electron chi connectivity index (χ2n) is 1.71. The number of nitrogens with one attached hydrogen (secondary N) is 2. The molecule has 2 N–H and O–H groups in total. The number of ether oxygens (including phenoxy) is 1. The highest BCUT2D eigenvalue weighted by Crippen LogP contribution is 2.17. The van der Waals surface area contributed by atoms with Gasteiger partial charge in [-0.25, -0.2) is 4.79 Å². The number of hydrogen-bond acceptors (Lipinski definition) is 3. The lowest BCUT2D eigenvalue weighted by molar-refractivity contribution is 0.187. The Morgan fingerprint density at radius 1 is 1.91 bits per heavy atom. The van der Waals surface area contributed by atoms with Gasteiger partial charge in [0.2, 0.25) is 0 Å². The molecule has 0 bridgehead atoms. The predicted molar refractivity (Wildman–Crippen MR) is 42.3 cm³/mol. The Morgan fingerprint density at radius 2 is 2.64 bits per heavy atom. The molecule has 1 aromatic rings. The van der Waals surface area contributed by atoms with Crippen LogP contribution in [0.5, 0.6) is 0 Å². The molecular weight excluding hydrogens is 214 g/mol. The fourth-order valence-electron chi connectivity index (χ4n) is 0.512. The van der Waals surface area contributed by atoms with E-state index in [1.54, 1.807) is 0 Å². The van der Waals surface area contributed by atoms with Crippen LogP contribution in [0.1, 0.15) is 0 Å². The summed E-state index contributed by atoms with van der Waals surface area (Å²) >= 11 is 3.16. The molecule has 1 rings (SSSR count). The van der Waals surface area contributed by atoms with Gasteiger partial charge in [-0.3, -0.25) is 10.4 Å². The number of hydrogen-bond donors (Lipinski definition) is 2. The van der Waals surface area contributed by atoms with Gasteiger partial charge >= 0.3 is 6.09 Å². The normalized spacial score (nSPS) is 9.27. The van der Waals surface area contributed by atoms with Crippen molar-refractivity contribution < 1.29 is 9.53 Å². The molecule has 6 heteroatoms. The summed E-state index contributed by atoms with van der Waals surface area (Å²) in [6.45, 7) is 0. The van der Waals surface area contributed by atoms with Gasteiger partial charge in [-0.05, 0) is 15.9 Å². The highest BCUT2D eigenvalue weighted by atomic mass is 79.9. The third kappa shape index (κ3) is 1.94. The van der Waals surface area contributed by atoms with Crippen LogP contribution in [0.25, 0.3) is 0 Å². The van der Waals surface area contributed by atoms with Crippen molar-refractivity contribution in [3.05, 3.63) is 10.7 Å². The minimum atomic E-state index is -0.532. The zero-order valence-electron chi connectivity index (χ0n) is 5.72. The Hall–Kier alpha value is -1.04. The van der Waals surface area contributed by atoms with Crippen LogP contribution in [0.3, 0.4) is 0 Å². The molecule has 11 heavy (non-hydrogen) atoms. The van der Waals surface area contributed by atoms with Gasteiger partial charge in [0.05, 0.1) is 17.8 Å². The van der Waals surface area contributed by atoms with Crippen LogP contribution < -0.4 is 5.32 Å². The van der Waals surface area contributed by atoms with Gasteiger partial charge in [0.25, 0.3) is 0 Å². The maximum Gasteiger partial charge on any atom is 0.412 e. The average molecular weight is 220 g/mol. The molecule has 0 aromatic carbocycles. The second-order valence-corrected chi connectivity index (χ2v) is 2.56. The number of carbonyl (C=O) groups excluding carboxylic acids is 1. The summed E-state index contributed by atoms with van der Waals surface area (Å²) in [5, 5.41) is 8.64. The Labute approximate surface area is 71.3 Å². The molecule has 1 heterocycles. The SMILES string of the molecule is COC(=O)Nc1[nH]ncc1Br. The minimum absolute atomic E-state index is 0.483. The number of aromatic amines is 1. The van der Waals surface area contributed by atoms with Crippen molar-refractivity contribution in [1.29, 1.82) is 0 Å². The lowest BCUT2D eigenvalue weighted by Crippen LogP contribution is -2.11. The third-order valence-corrected chi connectivity index (χ3v) is 1.61. The Kier molecular flexibility index (Phi) is 2.48. The van der Waals surface area contributed by atoms with E-state index in [1.165, 1.54) is 13.3 Å². The van der Waals surface area contributed by atoms with Crippen molar-refractivity contribution in [3.63, 3.8) is 0 Å². The highest BCUT2D eigenvalue weighted by molar-refractivity contribution is 9.10. The van der Waals surface area contributed by atoms with E-state index in [2.05, 4.69) is 36.2 Å². The quantitative estimate of drug-likeness (QED) is 0.750. The minimum Gasteiger partial charge on any atom is -0.453 e. The molecule has 60 valence electrons. The summed E-state index contributed by atoms with van der Waals surface area (Å²) in [5.41, 5.74) is 0. The van der Waals surface area contributed by atoms with Gasteiger partial charge in [0, 0.05) is 0 Å². The molecule has 0 aliphatic rings. The van der Waals surface area contributed by atoms with Crippen molar-refractivity contribution in [2.75, 3.05) is 12.4 Å². The van der Waals surface area contributed by atoms with E-state index in [-0.39, 0.29) is 0 Å². The average Bonchev–Trinajstić information content (AvgIpc) is 2.37. The van der Waals surface area contributed by atoms with Crippen LogP contribution in [0.15, 0.2) is 10.7 Å². The summed E-state index contributed by atoms with van der Waals surface area (Å²) in [6, 6.07) is 0. The molecule has 0 aliphatic carbocycles. The zero-order valence-corrected chi connectivity index (χ0v) is 7.31. The van der Waals surface area contributed by atoms with Crippen molar-refractivity contribution in [2.45, 2.75) is 0 Å². The van der Waals surface area contributed by atoms with Gasteiger partial charge in [0.1, 0.15) is 5.82 Å². The topological polar surface area (TPSA) is 67.0 Å². The first kappa shape index (κ1) is 8.06. The van der Waals surface area contributed by atoms with E-state index < -0.39 is 6.09 Å². The van der Waals surface area contributed by atoms with Crippen molar-refractivity contribution in [2.24, 2.45) is 0 Å². The van der Waals surface area contributed by atoms with Crippen LogP contribution >= 0.6 is 15.9 Å². The fraction of sp³-hybridized carbons (Fsp3) is 0.200. The number of methoxy groups -OCH3 is 1. The lowest BCUT2D eigenvalue weighted by atomic mass is 10.6. The van der Waals surface area contributed by atoms with E-state index in [0.717, 1.165) is 0 Å². The van der Waals surface area contributed by atoms with E-state index in [0.29, 0.717) is 10.3 Å². The fourth-order valence-corrected chi connectivity index (χ4v) is 0.802. The number of nitrogens with zero attached hydrogens (tertiary/aromatic N) is 1. The van der Waals surface area contributed by atoms with Crippen LogP contribution in [-0.2, 0) is 4.74 Å². The summed E-state index contributed by atoms with van der Waals surface area (Å²) in [7, 11) is 1.29. The number of H-pyrrole nitrogens is 1. The first-order valence-corrected chi connectivity index (χ1v) is 3.57. The molecule has 0 saturated heterocycles. The smallest absolute Gasteiger partial charge is 0.412 e. The molecule has 0 saturated carbocycles. The molecular formula is C5H6BrN3O2. The van der Waals surface area contributed by atoms with Gasteiger partial charge in [-0.15, -0.1) is 0 Å². The van der Waals surface area contributed by atoms with Crippen LogP contribution in [-0.4, -0.2) is 23.4 Å². The first-order valence-electron chi connectivity index (χ1n) is 2.78. The molecule has 1 aromatic heterocycles. The molecule has 0 spiro atoms. The summed E-state index contributed by atoms with van der Waals surface area (Å²) in [5.74, 6) is 0.483. The molecule has 0 radical (unpaired) electrons. The molecule has 0 fully saturated rings. The monoisotopic (exact) mass is 219 g/mol. The Bertz CT molecular complexity index is 260. The third-order valence-electron chi connectivity index (χ3n) is 1.01. The molecule has 1 amide bonds. The molecule has 5 nitrogen and oxygen atoms in total. The summed E-state index contributed by atoms with van der Waals surface area (Å²) in [6.07, 6.45) is 1.00. The standard InChI is InChI=1S/C5H6BrN3O2/c1-11-5(10)8-4-3(6)2-7-9-4/h2H,1H3,(H2,7,8,9,10). The van der Waals surface area contributed by atoms with Gasteiger partial charge < -0.3 is 4.74 Å². The number of halogens is 1. The lowest BCUT2D eigenvalue weighted by Gasteiger charge is -1.99. The predicted octanol–water partition coefficient (Wildman–Crippen LogP) is 1.35. The van der Waals surface area contributed by atoms with Crippen LogP contribution in [0.4, 0.5) is 10.6 Å². The second kappa shape index (κ2) is 3.38. The number of rotatable bonds is 1. The molecule has 0 aliphatic heterocycles. The van der Waals surface area contributed by atoms with Gasteiger partial charge in [-0.2, -0.15) is 5.10 Å². The van der Waals surface area contributed by atoms with Crippen LogP contribution in [0, 0.1) is 0 Å². The Balaban J connectivity index is 2.64. The van der Waals surface area contributed by atoms with Crippen LogP contribution in [0.2, 0.25) is 0 Å². The molecule has 0 unspecified atom stereocenters. The van der Waals surface area contributed by atoms with Crippen molar-refractivity contribution >= 4 is 27.8 Å². The van der Waals surface area contributed by atoms with Crippen molar-refractivity contribution in [1.82, 2.24) is 10.2 Å². The van der Waals surface area contributed by atoms with E-state index in [1.807, 2.05) is 0 Å². The number of carbonyl (C=O) groups is 1. The highest BCUT2D eigenvalue weighted by Gasteiger charge is 2.04. The summed E-state index contributed by atoms with van der Waals surface area (Å²) < 4.78 is 5.04. The van der Waals surface area contributed by atoms with E-state index in [9.17, 15) is 4.79 Å². The van der Waals surface area contributed by atoms with E-state index in [4.69, 9.17) is 0 Å². The van der Waals surface area contributed by atoms with Gasteiger partial charge in [-0.1, -0.05) is 0 Å². The van der Waals surface area contributed by atoms with Crippen molar-refractivity contribution in [3.8, 4) is 0 Å². The Morgan fingerprint density at radius 3 is 3.09 bits per heavy atom. The number of anilines is 1. The number of amides is 1. The first-order chi connectivity index (χ1) is 5.24. The zero-order chi connectivity index (χ0) is 8.27. The molecule has 0 atom stereocenters. The van der Waals surface area contributed by atoms with E-state index >= 15 is 0 Å². The van der Waals surface area contributed by atoms with Gasteiger partial charge in [0.15, 0.2) is 0 Å². The maximum atomic E-state index is 10.6.